The molecule has 0 unspecified atom stereocenters. The minimum Gasteiger partial charge on any atom is -0.451 e. The van der Waals surface area contributed by atoms with Gasteiger partial charge in [0.25, 0.3) is 11.8 Å². The van der Waals surface area contributed by atoms with Crippen LogP contribution in [-0.4, -0.2) is 28.3 Å². The van der Waals surface area contributed by atoms with Gasteiger partial charge in [-0.05, 0) is 38.5 Å². The van der Waals surface area contributed by atoms with E-state index in [-0.39, 0.29) is 17.5 Å². The lowest BCUT2D eigenvalue weighted by molar-refractivity contribution is 0.0952. The second kappa shape index (κ2) is 8.13. The van der Waals surface area contributed by atoms with Crippen LogP contribution in [0.15, 0.2) is 35.3 Å². The van der Waals surface area contributed by atoms with Crippen molar-refractivity contribution >= 4 is 28.8 Å². The van der Waals surface area contributed by atoms with Gasteiger partial charge in [-0.3, -0.25) is 9.59 Å². The lowest BCUT2D eigenvalue weighted by Crippen LogP contribution is -2.26. The fourth-order valence-electron chi connectivity index (χ4n) is 2.44. The lowest BCUT2D eigenvalue weighted by atomic mass is 10.1. The number of nitrogens with zero attached hydrogens (tertiary/aromatic N) is 2. The number of benzene rings is 1. The third kappa shape index (κ3) is 4.59. The lowest BCUT2D eigenvalue weighted by Gasteiger charge is -2.10. The predicted molar refractivity (Wildman–Crippen MR) is 103 cm³/mol. The van der Waals surface area contributed by atoms with Gasteiger partial charge in [0.15, 0.2) is 12.1 Å². The number of hydrogen-bond donors (Lipinski definition) is 2. The number of nitrogens with one attached hydrogen (secondary N) is 2. The van der Waals surface area contributed by atoms with Crippen LogP contribution in [0.5, 0.6) is 0 Å². The summed E-state index contributed by atoms with van der Waals surface area (Å²) < 4.78 is 4.81. The van der Waals surface area contributed by atoms with Crippen LogP contribution in [0.2, 0.25) is 0 Å². The Morgan fingerprint density at radius 1 is 1.19 bits per heavy atom. The summed E-state index contributed by atoms with van der Waals surface area (Å²) in [6.07, 6.45) is 3.15. The maximum atomic E-state index is 12.4. The van der Waals surface area contributed by atoms with Crippen molar-refractivity contribution in [3.63, 3.8) is 0 Å². The van der Waals surface area contributed by atoms with E-state index in [4.69, 9.17) is 4.42 Å². The molecule has 0 fully saturated rings. The van der Waals surface area contributed by atoms with E-state index in [0.717, 1.165) is 16.3 Å². The summed E-state index contributed by atoms with van der Waals surface area (Å²) in [6.45, 7) is 6.37. The van der Waals surface area contributed by atoms with E-state index < -0.39 is 0 Å². The predicted octanol–water partition coefficient (Wildman–Crippen LogP) is 3.28. The summed E-state index contributed by atoms with van der Waals surface area (Å²) in [5.41, 5.74) is 3.09. The summed E-state index contributed by atoms with van der Waals surface area (Å²) in [5.74, 6) is -0.587. The zero-order chi connectivity index (χ0) is 19.4. The summed E-state index contributed by atoms with van der Waals surface area (Å²) in [4.78, 5) is 34.0. The Bertz CT molecular complexity index is 944. The van der Waals surface area contributed by atoms with E-state index in [2.05, 4.69) is 20.6 Å². The maximum absolute atomic E-state index is 12.4. The van der Waals surface area contributed by atoms with Gasteiger partial charge in [-0.25, -0.2) is 9.97 Å². The SMILES string of the molecule is Cc1ccc(C(=O)NCCc2nc(C)c(C)s2)cc1NC(=O)c1cocn1. The van der Waals surface area contributed by atoms with E-state index in [1.165, 1.54) is 17.5 Å². The molecule has 0 aliphatic heterocycles. The first-order valence-electron chi connectivity index (χ1n) is 8.45. The molecule has 2 aromatic heterocycles. The van der Waals surface area contributed by atoms with Crippen LogP contribution in [0.1, 0.15) is 42.0 Å². The van der Waals surface area contributed by atoms with E-state index in [1.807, 2.05) is 20.8 Å². The molecule has 2 heterocycles. The van der Waals surface area contributed by atoms with Crippen molar-refractivity contribution in [3.8, 4) is 0 Å². The highest BCUT2D eigenvalue weighted by molar-refractivity contribution is 7.11. The molecule has 140 valence electrons. The molecule has 0 saturated heterocycles. The molecule has 2 N–H and O–H groups in total. The minimum absolute atomic E-state index is 0.179. The number of thiazole rings is 1. The number of anilines is 1. The summed E-state index contributed by atoms with van der Waals surface area (Å²) in [6, 6.07) is 5.18. The van der Waals surface area contributed by atoms with Crippen LogP contribution >= 0.6 is 11.3 Å². The molecule has 0 aliphatic rings. The summed E-state index contributed by atoms with van der Waals surface area (Å²) >= 11 is 1.65. The monoisotopic (exact) mass is 384 g/mol. The Morgan fingerprint density at radius 3 is 2.67 bits per heavy atom. The Morgan fingerprint density at radius 2 is 2.00 bits per heavy atom. The van der Waals surface area contributed by atoms with Crippen molar-refractivity contribution in [1.82, 2.24) is 15.3 Å². The first kappa shape index (κ1) is 18.8. The number of hydrogen-bond acceptors (Lipinski definition) is 6. The van der Waals surface area contributed by atoms with E-state index in [0.29, 0.717) is 24.2 Å². The Hall–Kier alpha value is -3.00. The molecule has 3 aromatic rings. The maximum Gasteiger partial charge on any atom is 0.277 e. The third-order valence-corrected chi connectivity index (χ3v) is 5.24. The van der Waals surface area contributed by atoms with Gasteiger partial charge >= 0.3 is 0 Å². The van der Waals surface area contributed by atoms with Crippen molar-refractivity contribution in [2.75, 3.05) is 11.9 Å². The van der Waals surface area contributed by atoms with Gasteiger partial charge in [-0.2, -0.15) is 0 Å². The number of amides is 2. The molecule has 7 nitrogen and oxygen atoms in total. The number of carbonyl (C=O) groups is 2. The highest BCUT2D eigenvalue weighted by Crippen LogP contribution is 2.19. The zero-order valence-electron chi connectivity index (χ0n) is 15.3. The van der Waals surface area contributed by atoms with Gasteiger partial charge in [-0.15, -0.1) is 11.3 Å². The molecular formula is C19H20N4O3S. The molecule has 0 bridgehead atoms. The molecule has 0 aliphatic carbocycles. The van der Waals surface area contributed by atoms with Crippen LogP contribution in [0.4, 0.5) is 5.69 Å². The molecule has 8 heteroatoms. The van der Waals surface area contributed by atoms with Crippen molar-refractivity contribution in [1.29, 1.82) is 0 Å². The second-order valence-electron chi connectivity index (χ2n) is 6.11. The Kier molecular flexibility index (Phi) is 5.66. The van der Waals surface area contributed by atoms with Gasteiger partial charge in [0, 0.05) is 29.1 Å². The van der Waals surface area contributed by atoms with Gasteiger partial charge in [-0.1, -0.05) is 6.07 Å². The van der Waals surface area contributed by atoms with Gasteiger partial charge in [0.2, 0.25) is 0 Å². The summed E-state index contributed by atoms with van der Waals surface area (Å²) in [7, 11) is 0. The van der Waals surface area contributed by atoms with Gasteiger partial charge < -0.3 is 15.1 Å². The molecule has 3 rings (SSSR count). The quantitative estimate of drug-likeness (QED) is 0.680. The Balaban J connectivity index is 1.62. The number of rotatable bonds is 6. The van der Waals surface area contributed by atoms with Crippen molar-refractivity contribution in [3.05, 3.63) is 63.3 Å². The average molecular weight is 384 g/mol. The average Bonchev–Trinajstić information content (AvgIpc) is 3.27. The highest BCUT2D eigenvalue weighted by Gasteiger charge is 2.13. The number of aromatic nitrogens is 2. The standard InChI is InChI=1S/C19H20N4O3S/c1-11-4-5-14(8-15(11)23-19(25)16-9-26-10-21-16)18(24)20-7-6-17-22-12(2)13(3)27-17/h4-5,8-10H,6-7H2,1-3H3,(H,20,24)(H,23,25). The largest absolute Gasteiger partial charge is 0.451 e. The molecule has 0 atom stereocenters. The molecule has 2 amide bonds. The zero-order valence-corrected chi connectivity index (χ0v) is 16.1. The van der Waals surface area contributed by atoms with Crippen LogP contribution in [0, 0.1) is 20.8 Å². The van der Waals surface area contributed by atoms with Crippen LogP contribution < -0.4 is 10.6 Å². The minimum atomic E-state index is -0.390. The topological polar surface area (TPSA) is 97.1 Å². The van der Waals surface area contributed by atoms with Crippen LogP contribution in [-0.2, 0) is 6.42 Å². The van der Waals surface area contributed by atoms with Gasteiger partial charge in [0.05, 0.1) is 10.7 Å². The molecule has 1 aromatic carbocycles. The van der Waals surface area contributed by atoms with Gasteiger partial charge in [0.1, 0.15) is 6.26 Å². The third-order valence-electron chi connectivity index (χ3n) is 4.11. The molecule has 0 spiro atoms. The van der Waals surface area contributed by atoms with Crippen molar-refractivity contribution in [2.45, 2.75) is 27.2 Å². The first-order valence-corrected chi connectivity index (χ1v) is 9.27. The van der Waals surface area contributed by atoms with Crippen molar-refractivity contribution in [2.24, 2.45) is 0 Å². The normalized spacial score (nSPS) is 10.6. The number of oxazole rings is 1. The molecule has 0 saturated carbocycles. The molecular weight excluding hydrogens is 364 g/mol. The summed E-state index contributed by atoms with van der Waals surface area (Å²) in [5, 5.41) is 6.65. The fourth-order valence-corrected chi connectivity index (χ4v) is 3.37. The molecule has 27 heavy (non-hydrogen) atoms. The van der Waals surface area contributed by atoms with Crippen LogP contribution in [0.25, 0.3) is 0 Å². The smallest absolute Gasteiger partial charge is 0.277 e. The number of aryl methyl sites for hydroxylation is 3. The fraction of sp³-hybridized carbons (Fsp3) is 0.263. The molecule has 0 radical (unpaired) electrons. The number of carbonyl (C=O) groups excluding carboxylic acids is 2. The highest BCUT2D eigenvalue weighted by atomic mass is 32.1. The van der Waals surface area contributed by atoms with E-state index >= 15 is 0 Å². The van der Waals surface area contributed by atoms with Crippen molar-refractivity contribution < 1.29 is 14.0 Å². The Labute approximate surface area is 160 Å². The second-order valence-corrected chi connectivity index (χ2v) is 7.40. The van der Waals surface area contributed by atoms with E-state index in [9.17, 15) is 9.59 Å². The van der Waals surface area contributed by atoms with E-state index in [1.54, 1.807) is 29.5 Å². The van der Waals surface area contributed by atoms with Crippen LogP contribution in [0.3, 0.4) is 0 Å². The first-order chi connectivity index (χ1) is 12.9.